The molecule has 0 heterocycles. The van der Waals surface area contributed by atoms with Crippen LogP contribution in [0.2, 0.25) is 5.02 Å². The van der Waals surface area contributed by atoms with E-state index in [0.29, 0.717) is 11.4 Å². The molecule has 1 atom stereocenters. The number of nitriles is 1. The zero-order valence-corrected chi connectivity index (χ0v) is 11.4. The molecule has 0 aliphatic rings. The van der Waals surface area contributed by atoms with Gasteiger partial charge in [-0.25, -0.2) is 0 Å². The lowest BCUT2D eigenvalue weighted by Crippen LogP contribution is -2.02. The monoisotopic (exact) mass is 271 g/mol. The number of methoxy groups -OCH3 is 1. The summed E-state index contributed by atoms with van der Waals surface area (Å²) >= 11 is 5.86. The van der Waals surface area contributed by atoms with Crippen LogP contribution in [-0.2, 0) is 6.42 Å². The van der Waals surface area contributed by atoms with Crippen molar-refractivity contribution in [3.8, 4) is 11.8 Å². The van der Waals surface area contributed by atoms with Gasteiger partial charge in [0.25, 0.3) is 0 Å². The first-order valence-electron chi connectivity index (χ1n) is 6.01. The van der Waals surface area contributed by atoms with Crippen LogP contribution < -0.4 is 4.74 Å². The van der Waals surface area contributed by atoms with Crippen LogP contribution >= 0.6 is 11.6 Å². The first-order valence-corrected chi connectivity index (χ1v) is 6.39. The summed E-state index contributed by atoms with van der Waals surface area (Å²) in [5.41, 5.74) is 2.00. The molecule has 0 saturated heterocycles. The first-order chi connectivity index (χ1) is 9.24. The van der Waals surface area contributed by atoms with Crippen LogP contribution in [0, 0.1) is 11.3 Å². The smallest absolute Gasteiger partial charge is 0.123 e. The summed E-state index contributed by atoms with van der Waals surface area (Å²) in [4.78, 5) is 0. The fourth-order valence-electron chi connectivity index (χ4n) is 2.04. The number of rotatable bonds is 4. The molecule has 0 aliphatic carbocycles. The largest absolute Gasteiger partial charge is 0.496 e. The molecule has 0 aromatic heterocycles. The molecule has 0 bridgehead atoms. The van der Waals surface area contributed by atoms with Gasteiger partial charge in [0.1, 0.15) is 5.75 Å². The van der Waals surface area contributed by atoms with Crippen LogP contribution in [0.4, 0.5) is 0 Å². The van der Waals surface area contributed by atoms with Gasteiger partial charge in [-0.15, -0.1) is 0 Å². The maximum atomic E-state index is 9.38. The highest BCUT2D eigenvalue weighted by Gasteiger charge is 2.15. The third-order valence-corrected chi connectivity index (χ3v) is 3.28. The molecule has 0 spiro atoms. The zero-order valence-electron chi connectivity index (χ0n) is 10.6. The van der Waals surface area contributed by atoms with Crippen LogP contribution in [0.25, 0.3) is 0 Å². The predicted octanol–water partition coefficient (Wildman–Crippen LogP) is 4.20. The van der Waals surface area contributed by atoms with Crippen molar-refractivity contribution < 1.29 is 4.74 Å². The number of halogens is 1. The van der Waals surface area contributed by atoms with E-state index in [4.69, 9.17) is 16.3 Å². The normalized spacial score (nSPS) is 11.6. The van der Waals surface area contributed by atoms with Gasteiger partial charge in [-0.1, -0.05) is 41.9 Å². The Morgan fingerprint density at radius 1 is 1.16 bits per heavy atom. The van der Waals surface area contributed by atoms with E-state index in [1.807, 2.05) is 48.5 Å². The van der Waals surface area contributed by atoms with Crippen LogP contribution in [0.15, 0.2) is 48.5 Å². The van der Waals surface area contributed by atoms with Crippen molar-refractivity contribution in [3.05, 3.63) is 64.7 Å². The lowest BCUT2D eigenvalue weighted by Gasteiger charge is -2.13. The van der Waals surface area contributed by atoms with Crippen LogP contribution in [0.3, 0.4) is 0 Å². The summed E-state index contributed by atoms with van der Waals surface area (Å²) < 4.78 is 5.31. The molecule has 0 aliphatic heterocycles. The molecule has 0 saturated carbocycles. The van der Waals surface area contributed by atoms with Gasteiger partial charge >= 0.3 is 0 Å². The van der Waals surface area contributed by atoms with E-state index in [-0.39, 0.29) is 5.92 Å². The second kappa shape index (κ2) is 6.26. The van der Waals surface area contributed by atoms with Crippen molar-refractivity contribution in [2.75, 3.05) is 7.11 Å². The summed E-state index contributed by atoms with van der Waals surface area (Å²) in [5.74, 6) is 0.528. The Balaban J connectivity index is 2.25. The van der Waals surface area contributed by atoms with E-state index in [1.54, 1.807) is 7.11 Å². The van der Waals surface area contributed by atoms with Crippen molar-refractivity contribution in [3.63, 3.8) is 0 Å². The molecule has 0 N–H and O–H groups in total. The fraction of sp³-hybridized carbons (Fsp3) is 0.188. The average Bonchev–Trinajstić information content (AvgIpc) is 2.46. The maximum Gasteiger partial charge on any atom is 0.123 e. The van der Waals surface area contributed by atoms with Crippen LogP contribution in [-0.4, -0.2) is 7.11 Å². The molecule has 0 radical (unpaired) electrons. The van der Waals surface area contributed by atoms with Gasteiger partial charge in [0.2, 0.25) is 0 Å². The highest BCUT2D eigenvalue weighted by Crippen LogP contribution is 2.28. The van der Waals surface area contributed by atoms with Crippen molar-refractivity contribution >= 4 is 11.6 Å². The van der Waals surface area contributed by atoms with Crippen molar-refractivity contribution in [1.29, 1.82) is 5.26 Å². The number of para-hydroxylation sites is 1. The third kappa shape index (κ3) is 3.27. The second-order valence-electron chi connectivity index (χ2n) is 4.25. The van der Waals surface area contributed by atoms with E-state index in [1.165, 1.54) is 0 Å². The van der Waals surface area contributed by atoms with Gasteiger partial charge in [0.05, 0.1) is 19.1 Å². The molecular formula is C16H14ClNO. The molecule has 2 aromatic carbocycles. The Kier molecular flexibility index (Phi) is 4.43. The van der Waals surface area contributed by atoms with Crippen LogP contribution in [0.5, 0.6) is 5.75 Å². The number of benzene rings is 2. The number of hydrogen-bond acceptors (Lipinski definition) is 2. The molecule has 2 aromatic rings. The number of hydrogen-bond donors (Lipinski definition) is 0. The molecule has 96 valence electrons. The van der Waals surface area contributed by atoms with Gasteiger partial charge in [-0.2, -0.15) is 5.26 Å². The minimum Gasteiger partial charge on any atom is -0.496 e. The summed E-state index contributed by atoms with van der Waals surface area (Å²) in [7, 11) is 1.62. The summed E-state index contributed by atoms with van der Waals surface area (Å²) in [6.45, 7) is 0. The topological polar surface area (TPSA) is 33.0 Å². The van der Waals surface area contributed by atoms with Gasteiger partial charge in [0.15, 0.2) is 0 Å². The maximum absolute atomic E-state index is 9.38. The Hall–Kier alpha value is -1.98. The molecular weight excluding hydrogens is 258 g/mol. The zero-order chi connectivity index (χ0) is 13.7. The van der Waals surface area contributed by atoms with E-state index in [9.17, 15) is 5.26 Å². The molecule has 2 nitrogen and oxygen atoms in total. The molecule has 1 unspecified atom stereocenters. The first kappa shape index (κ1) is 13.5. The minimum absolute atomic E-state index is 0.225. The van der Waals surface area contributed by atoms with Crippen molar-refractivity contribution in [1.82, 2.24) is 0 Å². The lowest BCUT2D eigenvalue weighted by molar-refractivity contribution is 0.408. The Morgan fingerprint density at radius 3 is 2.47 bits per heavy atom. The fourth-order valence-corrected chi connectivity index (χ4v) is 2.16. The molecule has 2 rings (SSSR count). The number of nitrogens with zero attached hydrogens (tertiary/aromatic N) is 1. The van der Waals surface area contributed by atoms with Gasteiger partial charge in [0, 0.05) is 10.6 Å². The van der Waals surface area contributed by atoms with E-state index in [2.05, 4.69) is 6.07 Å². The second-order valence-corrected chi connectivity index (χ2v) is 4.69. The Labute approximate surface area is 118 Å². The highest BCUT2D eigenvalue weighted by atomic mass is 35.5. The Bertz CT molecular complexity index is 586. The quantitative estimate of drug-likeness (QED) is 0.835. The average molecular weight is 272 g/mol. The SMILES string of the molecule is COc1ccccc1C(C#N)Cc1ccc(Cl)cc1. The van der Waals surface area contributed by atoms with E-state index >= 15 is 0 Å². The van der Waals surface area contributed by atoms with Gasteiger partial charge in [-0.3, -0.25) is 0 Å². The predicted molar refractivity (Wildman–Crippen MR) is 76.5 cm³/mol. The van der Waals surface area contributed by atoms with Crippen molar-refractivity contribution in [2.24, 2.45) is 0 Å². The molecule has 0 fully saturated rings. The molecule has 19 heavy (non-hydrogen) atoms. The van der Waals surface area contributed by atoms with Gasteiger partial charge in [-0.05, 0) is 30.2 Å². The van der Waals surface area contributed by atoms with Crippen molar-refractivity contribution in [2.45, 2.75) is 12.3 Å². The highest BCUT2D eigenvalue weighted by molar-refractivity contribution is 6.30. The van der Waals surface area contributed by atoms with Gasteiger partial charge < -0.3 is 4.74 Å². The third-order valence-electron chi connectivity index (χ3n) is 3.02. The van der Waals surface area contributed by atoms with E-state index in [0.717, 1.165) is 16.9 Å². The Morgan fingerprint density at radius 2 is 1.84 bits per heavy atom. The lowest BCUT2D eigenvalue weighted by atomic mass is 9.92. The molecule has 0 amide bonds. The molecule has 3 heteroatoms. The summed E-state index contributed by atoms with van der Waals surface area (Å²) in [5, 5.41) is 10.1. The van der Waals surface area contributed by atoms with E-state index < -0.39 is 0 Å². The van der Waals surface area contributed by atoms with Crippen LogP contribution in [0.1, 0.15) is 17.0 Å². The summed E-state index contributed by atoms with van der Waals surface area (Å²) in [6, 6.07) is 17.6. The summed E-state index contributed by atoms with van der Waals surface area (Å²) in [6.07, 6.45) is 0.647. The number of ether oxygens (including phenoxy) is 1. The standard InChI is InChI=1S/C16H14ClNO/c1-19-16-5-3-2-4-15(16)13(11-18)10-12-6-8-14(17)9-7-12/h2-9,13H,10H2,1H3. The minimum atomic E-state index is -0.225.